The van der Waals surface area contributed by atoms with E-state index in [4.69, 9.17) is 5.73 Å². The van der Waals surface area contributed by atoms with Crippen molar-refractivity contribution in [3.63, 3.8) is 0 Å². The van der Waals surface area contributed by atoms with Crippen molar-refractivity contribution in [2.24, 2.45) is 5.73 Å². The van der Waals surface area contributed by atoms with Crippen molar-refractivity contribution >= 4 is 17.4 Å². The van der Waals surface area contributed by atoms with Crippen molar-refractivity contribution in [2.75, 3.05) is 0 Å². The van der Waals surface area contributed by atoms with Crippen LogP contribution in [-0.4, -0.2) is 22.3 Å². The molecule has 0 aliphatic carbocycles. The summed E-state index contributed by atoms with van der Waals surface area (Å²) >= 11 is 1.28. The monoisotopic (exact) mass is 230 g/mol. The summed E-state index contributed by atoms with van der Waals surface area (Å²) in [4.78, 5) is 12.2. The molecule has 0 saturated heterocycles. The third kappa shape index (κ3) is 2.47. The third-order valence-electron chi connectivity index (χ3n) is 2.03. The zero-order valence-electron chi connectivity index (χ0n) is 8.52. The van der Waals surface area contributed by atoms with E-state index in [-0.39, 0.29) is 0 Å². The number of nitrogens with two attached hydrogens (primary N) is 1. The Morgan fingerprint density at radius 2 is 2.27 bits per heavy atom. The van der Waals surface area contributed by atoms with E-state index in [1.807, 2.05) is 6.92 Å². The molecule has 2 atom stereocenters. The summed E-state index contributed by atoms with van der Waals surface area (Å²) in [6.07, 6.45) is -1.15. The van der Waals surface area contributed by atoms with Gasteiger partial charge in [-0.15, -0.1) is 11.3 Å². The van der Waals surface area contributed by atoms with Gasteiger partial charge in [0.15, 0.2) is 0 Å². The molecule has 0 saturated carbocycles. The lowest BCUT2D eigenvalue weighted by molar-refractivity contribution is -0.0842. The normalized spacial score (nSPS) is 16.8. The number of carbonyl (C=O) groups excluding carboxylic acids is 1. The van der Waals surface area contributed by atoms with Crippen molar-refractivity contribution in [2.45, 2.75) is 25.7 Å². The second-order valence-corrected chi connectivity index (χ2v) is 4.63. The van der Waals surface area contributed by atoms with E-state index in [2.05, 4.69) is 5.32 Å². The minimum atomic E-state index is -1.81. The highest BCUT2D eigenvalue weighted by atomic mass is 32.1. The summed E-state index contributed by atoms with van der Waals surface area (Å²) in [7, 11) is 0. The average molecular weight is 230 g/mol. The van der Waals surface area contributed by atoms with Crippen LogP contribution in [0.3, 0.4) is 0 Å². The average Bonchev–Trinajstić information content (AvgIpc) is 2.50. The molecule has 0 aliphatic rings. The van der Waals surface area contributed by atoms with Gasteiger partial charge in [-0.25, -0.2) is 4.79 Å². The van der Waals surface area contributed by atoms with Gasteiger partial charge in [-0.05, 0) is 26.0 Å². The predicted octanol–water partition coefficient (Wildman–Crippen LogP) is 0.251. The molecule has 0 spiro atoms. The molecule has 1 heterocycles. The fourth-order valence-corrected chi connectivity index (χ4v) is 2.20. The van der Waals surface area contributed by atoms with Crippen LogP contribution in [0.4, 0.5) is 4.79 Å². The number of rotatable bonds is 3. The lowest BCUT2D eigenvalue weighted by atomic mass is 10.1. The Kier molecular flexibility index (Phi) is 3.33. The summed E-state index contributed by atoms with van der Waals surface area (Å²) in [5.41, 5.74) is 3.13. The van der Waals surface area contributed by atoms with Crippen LogP contribution < -0.4 is 11.1 Å². The first-order chi connectivity index (χ1) is 6.86. The second-order valence-electron chi connectivity index (χ2n) is 3.34. The van der Waals surface area contributed by atoms with Crippen LogP contribution in [-0.2, 0) is 5.72 Å². The number of hydrogen-bond acceptors (Lipinski definition) is 4. The van der Waals surface area contributed by atoms with E-state index in [9.17, 15) is 15.0 Å². The molecule has 1 aromatic heterocycles. The number of aliphatic hydroxyl groups is 2. The maximum atomic E-state index is 10.7. The lowest BCUT2D eigenvalue weighted by Gasteiger charge is -2.30. The van der Waals surface area contributed by atoms with Crippen LogP contribution in [0.5, 0.6) is 0 Å². The lowest BCUT2D eigenvalue weighted by Crippen LogP contribution is -2.54. The van der Waals surface area contributed by atoms with E-state index in [0.717, 1.165) is 4.88 Å². The summed E-state index contributed by atoms with van der Waals surface area (Å²) < 4.78 is 0. The quantitative estimate of drug-likeness (QED) is 0.560. The topological polar surface area (TPSA) is 95.6 Å². The van der Waals surface area contributed by atoms with Gasteiger partial charge in [0.25, 0.3) is 0 Å². The number of aliphatic hydroxyl groups excluding tert-OH is 1. The summed E-state index contributed by atoms with van der Waals surface area (Å²) in [6.45, 7) is 3.24. The van der Waals surface area contributed by atoms with Gasteiger partial charge in [0.2, 0.25) is 5.72 Å². The largest absolute Gasteiger partial charge is 0.388 e. The molecule has 1 aromatic rings. The predicted molar refractivity (Wildman–Crippen MR) is 57.4 cm³/mol. The van der Waals surface area contributed by atoms with Crippen molar-refractivity contribution in [3.05, 3.63) is 21.9 Å². The molecule has 0 radical (unpaired) electrons. The zero-order valence-corrected chi connectivity index (χ0v) is 9.34. The van der Waals surface area contributed by atoms with Gasteiger partial charge in [-0.1, -0.05) is 0 Å². The molecule has 15 heavy (non-hydrogen) atoms. The molecular weight excluding hydrogens is 216 g/mol. The Balaban J connectivity index is 3.06. The van der Waals surface area contributed by atoms with Crippen molar-refractivity contribution in [3.8, 4) is 0 Å². The van der Waals surface area contributed by atoms with Gasteiger partial charge in [-0.2, -0.15) is 0 Å². The molecule has 5 N–H and O–H groups in total. The van der Waals surface area contributed by atoms with E-state index in [1.165, 1.54) is 18.3 Å². The van der Waals surface area contributed by atoms with Gasteiger partial charge in [-0.3, -0.25) is 0 Å². The first-order valence-corrected chi connectivity index (χ1v) is 5.23. The van der Waals surface area contributed by atoms with Gasteiger partial charge in [0.1, 0.15) is 6.10 Å². The molecule has 2 amide bonds. The maximum absolute atomic E-state index is 10.7. The number of urea groups is 1. The summed E-state index contributed by atoms with van der Waals surface area (Å²) in [6, 6.07) is 2.54. The fraction of sp³-hybridized carbons (Fsp3) is 0.444. The van der Waals surface area contributed by atoms with Gasteiger partial charge in [0, 0.05) is 4.88 Å². The highest BCUT2D eigenvalue weighted by Gasteiger charge is 2.37. The van der Waals surface area contributed by atoms with E-state index in [0.29, 0.717) is 4.88 Å². The molecule has 0 fully saturated rings. The number of amides is 2. The second kappa shape index (κ2) is 4.18. The van der Waals surface area contributed by atoms with E-state index >= 15 is 0 Å². The first-order valence-electron chi connectivity index (χ1n) is 4.41. The number of primary amides is 1. The van der Waals surface area contributed by atoms with Gasteiger partial charge >= 0.3 is 6.03 Å². The summed E-state index contributed by atoms with van der Waals surface area (Å²) in [5, 5.41) is 21.7. The fourth-order valence-electron chi connectivity index (χ4n) is 1.20. The number of nitrogens with one attached hydrogen (secondary N) is 1. The molecule has 1 rings (SSSR count). The zero-order chi connectivity index (χ0) is 11.6. The smallest absolute Gasteiger partial charge is 0.314 e. The first kappa shape index (κ1) is 12.0. The minimum absolute atomic E-state index is 0.453. The van der Waals surface area contributed by atoms with Crippen LogP contribution >= 0.6 is 11.3 Å². The number of carbonyl (C=O) groups is 1. The van der Waals surface area contributed by atoms with Crippen LogP contribution in [0.1, 0.15) is 16.7 Å². The standard InChI is InChI=1S/C9H14N2O3S/c1-5-3-4-7(15-5)9(14,6(2)12)11-8(10)13/h3-4,6,12,14H,1-2H3,(H3,10,11,13). The third-order valence-corrected chi connectivity index (χ3v) is 3.16. The van der Waals surface area contributed by atoms with Crippen LogP contribution in [0.25, 0.3) is 0 Å². The van der Waals surface area contributed by atoms with E-state index in [1.54, 1.807) is 12.1 Å². The van der Waals surface area contributed by atoms with Crippen molar-refractivity contribution < 1.29 is 15.0 Å². The van der Waals surface area contributed by atoms with Crippen molar-refractivity contribution in [1.29, 1.82) is 0 Å². The number of hydrogen-bond donors (Lipinski definition) is 4. The molecule has 6 heteroatoms. The van der Waals surface area contributed by atoms with E-state index < -0.39 is 17.9 Å². The molecule has 2 unspecified atom stereocenters. The highest BCUT2D eigenvalue weighted by molar-refractivity contribution is 7.12. The molecule has 0 aromatic carbocycles. The molecule has 0 bridgehead atoms. The number of thiophene rings is 1. The molecular formula is C9H14N2O3S. The Hall–Kier alpha value is -1.11. The Bertz CT molecular complexity index is 364. The number of aryl methyl sites for hydroxylation is 1. The highest BCUT2D eigenvalue weighted by Crippen LogP contribution is 2.28. The Labute approximate surface area is 91.5 Å². The SMILES string of the molecule is Cc1ccc(C(O)(NC(N)=O)C(C)O)s1. The Morgan fingerprint density at radius 3 is 2.60 bits per heavy atom. The molecule has 0 aliphatic heterocycles. The van der Waals surface area contributed by atoms with Crippen molar-refractivity contribution in [1.82, 2.24) is 5.32 Å². The molecule has 5 nitrogen and oxygen atoms in total. The van der Waals surface area contributed by atoms with Crippen LogP contribution in [0.15, 0.2) is 12.1 Å². The van der Waals surface area contributed by atoms with Gasteiger partial charge < -0.3 is 21.3 Å². The summed E-state index contributed by atoms with van der Waals surface area (Å²) in [5.74, 6) is 0. The maximum Gasteiger partial charge on any atom is 0.314 e. The van der Waals surface area contributed by atoms with Crippen LogP contribution in [0.2, 0.25) is 0 Å². The minimum Gasteiger partial charge on any atom is -0.388 e. The molecule has 84 valence electrons. The van der Waals surface area contributed by atoms with Gasteiger partial charge in [0.05, 0.1) is 4.88 Å². The van der Waals surface area contributed by atoms with Crippen LogP contribution in [0, 0.1) is 6.92 Å². The Morgan fingerprint density at radius 1 is 1.67 bits per heavy atom.